The van der Waals surface area contributed by atoms with E-state index >= 15 is 0 Å². The second kappa shape index (κ2) is 5.45. The van der Waals surface area contributed by atoms with Crippen LogP contribution in [-0.2, 0) is 6.54 Å². The molecule has 0 saturated heterocycles. The van der Waals surface area contributed by atoms with Crippen molar-refractivity contribution in [3.05, 3.63) is 41.9 Å². The summed E-state index contributed by atoms with van der Waals surface area (Å²) in [5, 5.41) is 3.43. The van der Waals surface area contributed by atoms with Crippen LogP contribution in [0, 0.1) is 6.92 Å². The maximum absolute atomic E-state index is 4.57. The minimum absolute atomic E-state index is 0.0734. The fourth-order valence-corrected chi connectivity index (χ4v) is 1.69. The molecule has 0 radical (unpaired) electrons. The third kappa shape index (κ3) is 4.10. The van der Waals surface area contributed by atoms with Crippen LogP contribution in [0.25, 0.3) is 11.5 Å². The molecule has 2 heterocycles. The van der Waals surface area contributed by atoms with E-state index in [1.54, 1.807) is 6.20 Å². The van der Waals surface area contributed by atoms with E-state index in [0.29, 0.717) is 5.82 Å². The Morgan fingerprint density at radius 1 is 1.16 bits per heavy atom. The quantitative estimate of drug-likeness (QED) is 0.917. The Hall–Kier alpha value is -1.81. The van der Waals surface area contributed by atoms with Gasteiger partial charge in [0, 0.05) is 24.0 Å². The maximum Gasteiger partial charge on any atom is 0.178 e. The first kappa shape index (κ1) is 13.6. The smallest absolute Gasteiger partial charge is 0.178 e. The number of pyridine rings is 1. The molecule has 0 atom stereocenters. The van der Waals surface area contributed by atoms with Gasteiger partial charge < -0.3 is 5.32 Å². The number of rotatable bonds is 3. The van der Waals surface area contributed by atoms with Gasteiger partial charge >= 0.3 is 0 Å². The van der Waals surface area contributed by atoms with Crippen LogP contribution >= 0.6 is 0 Å². The molecule has 0 aromatic carbocycles. The lowest BCUT2D eigenvalue weighted by molar-refractivity contribution is 0.421. The molecular weight excluding hydrogens is 236 g/mol. The Labute approximate surface area is 114 Å². The third-order valence-electron chi connectivity index (χ3n) is 2.60. The zero-order chi connectivity index (χ0) is 13.9. The first-order valence-corrected chi connectivity index (χ1v) is 6.45. The summed E-state index contributed by atoms with van der Waals surface area (Å²) in [4.78, 5) is 13.3. The van der Waals surface area contributed by atoms with Gasteiger partial charge in [-0.25, -0.2) is 9.97 Å². The van der Waals surface area contributed by atoms with Crippen molar-refractivity contribution in [1.82, 2.24) is 20.3 Å². The summed E-state index contributed by atoms with van der Waals surface area (Å²) < 4.78 is 0. The highest BCUT2D eigenvalue weighted by Gasteiger charge is 2.11. The van der Waals surface area contributed by atoms with Crippen LogP contribution in [0.15, 0.2) is 30.5 Å². The Morgan fingerprint density at radius 2 is 1.95 bits per heavy atom. The van der Waals surface area contributed by atoms with Crippen molar-refractivity contribution in [2.24, 2.45) is 0 Å². The molecule has 100 valence electrons. The lowest BCUT2D eigenvalue weighted by Gasteiger charge is -2.20. The van der Waals surface area contributed by atoms with E-state index in [1.165, 1.54) is 0 Å². The van der Waals surface area contributed by atoms with Crippen LogP contribution in [0.2, 0.25) is 0 Å². The molecule has 0 fully saturated rings. The number of nitrogens with zero attached hydrogens (tertiary/aromatic N) is 3. The standard InChI is InChI=1S/C15H20N4/c1-11-9-12(10-17-15(2,3)4)19-14(18-11)13-7-5-6-8-16-13/h5-9,17H,10H2,1-4H3. The third-order valence-corrected chi connectivity index (χ3v) is 2.60. The van der Waals surface area contributed by atoms with E-state index < -0.39 is 0 Å². The summed E-state index contributed by atoms with van der Waals surface area (Å²) in [5.41, 5.74) is 2.83. The summed E-state index contributed by atoms with van der Waals surface area (Å²) in [6.07, 6.45) is 1.76. The van der Waals surface area contributed by atoms with E-state index in [1.807, 2.05) is 31.2 Å². The Balaban J connectivity index is 2.25. The highest BCUT2D eigenvalue weighted by molar-refractivity contribution is 5.48. The molecule has 4 nitrogen and oxygen atoms in total. The van der Waals surface area contributed by atoms with E-state index in [4.69, 9.17) is 0 Å². The monoisotopic (exact) mass is 256 g/mol. The Bertz CT molecular complexity index is 544. The van der Waals surface area contributed by atoms with E-state index in [9.17, 15) is 0 Å². The molecule has 0 spiro atoms. The maximum atomic E-state index is 4.57. The van der Waals surface area contributed by atoms with Gasteiger partial charge in [0.25, 0.3) is 0 Å². The predicted octanol–water partition coefficient (Wildman–Crippen LogP) is 2.74. The Kier molecular flexibility index (Phi) is 3.90. The van der Waals surface area contributed by atoms with Gasteiger partial charge in [-0.15, -0.1) is 0 Å². The zero-order valence-corrected chi connectivity index (χ0v) is 11.9. The number of hydrogen-bond donors (Lipinski definition) is 1. The van der Waals surface area contributed by atoms with Crippen LogP contribution in [0.1, 0.15) is 32.2 Å². The van der Waals surface area contributed by atoms with Crippen molar-refractivity contribution >= 4 is 0 Å². The van der Waals surface area contributed by atoms with Gasteiger partial charge in [-0.1, -0.05) is 6.07 Å². The summed E-state index contributed by atoms with van der Waals surface area (Å²) >= 11 is 0. The second-order valence-electron chi connectivity index (χ2n) is 5.64. The summed E-state index contributed by atoms with van der Waals surface area (Å²) in [5.74, 6) is 0.686. The number of aromatic nitrogens is 3. The molecule has 0 saturated carbocycles. The SMILES string of the molecule is Cc1cc(CNC(C)(C)C)nc(-c2ccccn2)n1. The van der Waals surface area contributed by atoms with Crippen molar-refractivity contribution in [1.29, 1.82) is 0 Å². The van der Waals surface area contributed by atoms with Gasteiger partial charge in [0.05, 0.1) is 5.69 Å². The number of hydrogen-bond acceptors (Lipinski definition) is 4. The van der Waals surface area contributed by atoms with Crippen molar-refractivity contribution in [3.63, 3.8) is 0 Å². The molecule has 0 aliphatic rings. The van der Waals surface area contributed by atoms with Gasteiger partial charge in [0.15, 0.2) is 5.82 Å². The molecule has 0 amide bonds. The van der Waals surface area contributed by atoms with Crippen LogP contribution in [-0.4, -0.2) is 20.5 Å². The summed E-state index contributed by atoms with van der Waals surface area (Å²) in [6.45, 7) is 9.13. The predicted molar refractivity (Wildman–Crippen MR) is 76.6 cm³/mol. The van der Waals surface area contributed by atoms with Crippen LogP contribution in [0.3, 0.4) is 0 Å². The minimum atomic E-state index is 0.0734. The lowest BCUT2D eigenvalue weighted by atomic mass is 10.1. The van der Waals surface area contributed by atoms with Crippen molar-refractivity contribution in [3.8, 4) is 11.5 Å². The van der Waals surface area contributed by atoms with Gasteiger partial charge in [0.2, 0.25) is 0 Å². The van der Waals surface area contributed by atoms with Crippen molar-refractivity contribution in [2.75, 3.05) is 0 Å². The van der Waals surface area contributed by atoms with Gasteiger partial charge in [-0.05, 0) is 45.9 Å². The molecule has 2 rings (SSSR count). The molecular formula is C15H20N4. The molecule has 0 bridgehead atoms. The zero-order valence-electron chi connectivity index (χ0n) is 11.9. The molecule has 2 aromatic heterocycles. The average molecular weight is 256 g/mol. The van der Waals surface area contributed by atoms with Crippen LogP contribution in [0.4, 0.5) is 0 Å². The highest BCUT2D eigenvalue weighted by atomic mass is 15.0. The van der Waals surface area contributed by atoms with Crippen LogP contribution in [0.5, 0.6) is 0 Å². The Morgan fingerprint density at radius 3 is 2.58 bits per heavy atom. The van der Waals surface area contributed by atoms with Gasteiger partial charge in [0.1, 0.15) is 5.69 Å². The molecule has 2 aromatic rings. The second-order valence-corrected chi connectivity index (χ2v) is 5.64. The van der Waals surface area contributed by atoms with E-state index in [0.717, 1.165) is 23.6 Å². The first-order valence-electron chi connectivity index (χ1n) is 6.45. The largest absolute Gasteiger partial charge is 0.306 e. The van der Waals surface area contributed by atoms with Crippen LogP contribution < -0.4 is 5.32 Å². The van der Waals surface area contributed by atoms with E-state index in [2.05, 4.69) is 41.0 Å². The molecule has 0 unspecified atom stereocenters. The molecule has 19 heavy (non-hydrogen) atoms. The molecule has 4 heteroatoms. The molecule has 1 N–H and O–H groups in total. The fraction of sp³-hybridized carbons (Fsp3) is 0.400. The summed E-state index contributed by atoms with van der Waals surface area (Å²) in [6, 6.07) is 7.77. The average Bonchev–Trinajstić information content (AvgIpc) is 2.36. The van der Waals surface area contributed by atoms with Gasteiger partial charge in [-0.3, -0.25) is 4.98 Å². The lowest BCUT2D eigenvalue weighted by Crippen LogP contribution is -2.35. The first-order chi connectivity index (χ1) is 8.94. The molecule has 0 aliphatic carbocycles. The van der Waals surface area contributed by atoms with E-state index in [-0.39, 0.29) is 5.54 Å². The minimum Gasteiger partial charge on any atom is -0.306 e. The van der Waals surface area contributed by atoms with Crippen molar-refractivity contribution < 1.29 is 0 Å². The number of aryl methyl sites for hydroxylation is 1. The van der Waals surface area contributed by atoms with Gasteiger partial charge in [-0.2, -0.15) is 0 Å². The fourth-order valence-electron chi connectivity index (χ4n) is 1.69. The van der Waals surface area contributed by atoms with Crippen molar-refractivity contribution in [2.45, 2.75) is 39.8 Å². The molecule has 0 aliphatic heterocycles. The summed E-state index contributed by atoms with van der Waals surface area (Å²) in [7, 11) is 0. The number of nitrogens with one attached hydrogen (secondary N) is 1. The topological polar surface area (TPSA) is 50.7 Å². The normalized spacial score (nSPS) is 11.6. The highest BCUT2D eigenvalue weighted by Crippen LogP contribution is 2.13.